The fourth-order valence-corrected chi connectivity index (χ4v) is 2.84. The Bertz CT molecular complexity index is 671. The number of anilines is 2. The molecule has 1 saturated heterocycles. The Morgan fingerprint density at radius 3 is 2.58 bits per heavy atom. The largest absolute Gasteiger partial charge is 0.354 e. The molecule has 1 aliphatic rings. The molecule has 2 aromatic heterocycles. The third kappa shape index (κ3) is 4.01. The van der Waals surface area contributed by atoms with Crippen molar-refractivity contribution in [3.8, 4) is 0 Å². The van der Waals surface area contributed by atoms with E-state index < -0.39 is 0 Å². The smallest absolute Gasteiger partial charge is 0.242 e. The van der Waals surface area contributed by atoms with Gasteiger partial charge in [-0.25, -0.2) is 9.97 Å². The van der Waals surface area contributed by atoms with E-state index in [9.17, 15) is 4.79 Å². The number of carbonyl (C=O) groups excluding carboxylic acids is 1. The molecule has 0 aromatic carbocycles. The molecule has 0 saturated carbocycles. The van der Waals surface area contributed by atoms with Crippen LogP contribution in [0.15, 0.2) is 42.7 Å². The van der Waals surface area contributed by atoms with Gasteiger partial charge in [0.2, 0.25) is 5.91 Å². The second-order valence-corrected chi connectivity index (χ2v) is 6.17. The molecule has 6 nitrogen and oxygen atoms in total. The Kier molecular flexibility index (Phi) is 5.27. The van der Waals surface area contributed by atoms with Crippen LogP contribution in [0.25, 0.3) is 0 Å². The number of amides is 1. The van der Waals surface area contributed by atoms with Crippen molar-refractivity contribution >= 4 is 29.1 Å². The zero-order chi connectivity index (χ0) is 16.9. The molecule has 0 aliphatic carbocycles. The Hall–Kier alpha value is -2.18. The van der Waals surface area contributed by atoms with Crippen LogP contribution in [0.4, 0.5) is 11.6 Å². The Labute approximate surface area is 146 Å². The van der Waals surface area contributed by atoms with Gasteiger partial charge < -0.3 is 10.2 Å². The number of aromatic nitrogens is 2. The summed E-state index contributed by atoms with van der Waals surface area (Å²) >= 11 is 5.80. The lowest BCUT2D eigenvalue weighted by atomic mass is 10.2. The summed E-state index contributed by atoms with van der Waals surface area (Å²) in [7, 11) is 0. The average Bonchev–Trinajstić information content (AvgIpc) is 2.64. The van der Waals surface area contributed by atoms with Crippen molar-refractivity contribution < 1.29 is 4.79 Å². The summed E-state index contributed by atoms with van der Waals surface area (Å²) in [5.41, 5.74) is 0. The molecule has 2 aromatic rings. The molecular weight excluding hydrogens is 326 g/mol. The summed E-state index contributed by atoms with van der Waals surface area (Å²) in [5.74, 6) is 1.44. The first-order chi connectivity index (χ1) is 11.6. The number of nitrogens with one attached hydrogen (secondary N) is 1. The highest BCUT2D eigenvalue weighted by atomic mass is 35.5. The molecule has 3 heterocycles. The van der Waals surface area contributed by atoms with Crippen molar-refractivity contribution in [3.63, 3.8) is 0 Å². The van der Waals surface area contributed by atoms with E-state index in [4.69, 9.17) is 11.6 Å². The van der Waals surface area contributed by atoms with Gasteiger partial charge in [0.1, 0.15) is 11.6 Å². The molecule has 0 bridgehead atoms. The fraction of sp³-hybridized carbons (Fsp3) is 0.353. The van der Waals surface area contributed by atoms with Crippen LogP contribution in [0, 0.1) is 0 Å². The van der Waals surface area contributed by atoms with Crippen molar-refractivity contribution in [2.75, 3.05) is 36.4 Å². The number of hydrogen-bond donors (Lipinski definition) is 1. The predicted molar refractivity (Wildman–Crippen MR) is 95.4 cm³/mol. The van der Waals surface area contributed by atoms with Gasteiger partial charge in [0.25, 0.3) is 0 Å². The monoisotopic (exact) mass is 345 g/mol. The predicted octanol–water partition coefficient (Wildman–Crippen LogP) is 2.28. The van der Waals surface area contributed by atoms with Gasteiger partial charge in [0.15, 0.2) is 0 Å². The molecule has 24 heavy (non-hydrogen) atoms. The summed E-state index contributed by atoms with van der Waals surface area (Å²) in [6.07, 6.45) is 3.32. The van der Waals surface area contributed by atoms with Crippen molar-refractivity contribution in [2.45, 2.75) is 13.0 Å². The topological polar surface area (TPSA) is 61.4 Å². The molecule has 7 heteroatoms. The molecule has 1 amide bonds. The van der Waals surface area contributed by atoms with Crippen LogP contribution in [-0.4, -0.2) is 53.0 Å². The molecule has 1 atom stereocenters. The lowest BCUT2D eigenvalue weighted by Gasteiger charge is -2.37. The van der Waals surface area contributed by atoms with Crippen LogP contribution in [0.1, 0.15) is 6.92 Å². The molecule has 1 aliphatic heterocycles. The number of halogens is 1. The van der Waals surface area contributed by atoms with Crippen molar-refractivity contribution in [2.24, 2.45) is 0 Å². The maximum Gasteiger partial charge on any atom is 0.242 e. The highest BCUT2D eigenvalue weighted by molar-refractivity contribution is 6.30. The van der Waals surface area contributed by atoms with Crippen LogP contribution in [-0.2, 0) is 4.79 Å². The van der Waals surface area contributed by atoms with E-state index in [1.54, 1.807) is 18.3 Å². The Morgan fingerprint density at radius 1 is 1.17 bits per heavy atom. The number of piperazine rings is 1. The SMILES string of the molecule is CC(C(=O)Nc1ccc(Cl)cn1)N1CCN(c2ccccn2)CC1. The lowest BCUT2D eigenvalue weighted by Crippen LogP contribution is -2.53. The van der Waals surface area contributed by atoms with Gasteiger partial charge in [-0.3, -0.25) is 9.69 Å². The van der Waals surface area contributed by atoms with Crippen LogP contribution >= 0.6 is 11.6 Å². The highest BCUT2D eigenvalue weighted by Gasteiger charge is 2.26. The quantitative estimate of drug-likeness (QED) is 0.921. The molecular formula is C17H20ClN5O. The molecule has 1 unspecified atom stereocenters. The number of nitrogens with zero attached hydrogens (tertiary/aromatic N) is 4. The maximum absolute atomic E-state index is 12.4. The van der Waals surface area contributed by atoms with E-state index in [2.05, 4.69) is 25.1 Å². The summed E-state index contributed by atoms with van der Waals surface area (Å²) < 4.78 is 0. The molecule has 0 radical (unpaired) electrons. The number of carbonyl (C=O) groups is 1. The number of rotatable bonds is 4. The standard InChI is InChI=1S/C17H20ClN5O/c1-13(17(24)21-15-6-5-14(18)12-20-15)22-8-10-23(11-9-22)16-4-2-3-7-19-16/h2-7,12-13H,8-11H2,1H3,(H,20,21,24). The van der Waals surface area contributed by atoms with Crippen molar-refractivity contribution in [3.05, 3.63) is 47.7 Å². The molecule has 3 rings (SSSR count). The summed E-state index contributed by atoms with van der Waals surface area (Å²) in [5, 5.41) is 3.38. The van der Waals surface area contributed by atoms with Crippen LogP contribution in [0.5, 0.6) is 0 Å². The first-order valence-corrected chi connectivity index (χ1v) is 8.34. The summed E-state index contributed by atoms with van der Waals surface area (Å²) in [4.78, 5) is 25.3. The zero-order valence-corrected chi connectivity index (χ0v) is 14.3. The lowest BCUT2D eigenvalue weighted by molar-refractivity contribution is -0.120. The van der Waals surface area contributed by atoms with Crippen LogP contribution in [0.2, 0.25) is 5.02 Å². The van der Waals surface area contributed by atoms with Gasteiger partial charge >= 0.3 is 0 Å². The zero-order valence-electron chi connectivity index (χ0n) is 13.5. The molecule has 0 spiro atoms. The number of hydrogen-bond acceptors (Lipinski definition) is 5. The first-order valence-electron chi connectivity index (χ1n) is 7.96. The van der Waals surface area contributed by atoms with E-state index in [0.29, 0.717) is 10.8 Å². The number of pyridine rings is 2. The van der Waals surface area contributed by atoms with Crippen molar-refractivity contribution in [1.82, 2.24) is 14.9 Å². The minimum Gasteiger partial charge on any atom is -0.354 e. The highest BCUT2D eigenvalue weighted by Crippen LogP contribution is 2.15. The summed E-state index contributed by atoms with van der Waals surface area (Å²) in [6, 6.07) is 9.11. The van der Waals surface area contributed by atoms with E-state index in [1.807, 2.05) is 25.1 Å². The minimum absolute atomic E-state index is 0.0592. The normalized spacial score (nSPS) is 16.7. The second kappa shape index (κ2) is 7.59. The third-order valence-corrected chi connectivity index (χ3v) is 4.42. The van der Waals surface area contributed by atoms with E-state index in [0.717, 1.165) is 32.0 Å². The maximum atomic E-state index is 12.4. The van der Waals surface area contributed by atoms with E-state index in [-0.39, 0.29) is 11.9 Å². The minimum atomic E-state index is -0.214. The van der Waals surface area contributed by atoms with Gasteiger partial charge in [-0.2, -0.15) is 0 Å². The average molecular weight is 346 g/mol. The third-order valence-electron chi connectivity index (χ3n) is 4.19. The second-order valence-electron chi connectivity index (χ2n) is 5.74. The molecule has 1 fully saturated rings. The molecule has 126 valence electrons. The van der Waals surface area contributed by atoms with E-state index in [1.165, 1.54) is 6.20 Å². The van der Waals surface area contributed by atoms with Crippen LogP contribution in [0.3, 0.4) is 0 Å². The van der Waals surface area contributed by atoms with Crippen molar-refractivity contribution in [1.29, 1.82) is 0 Å². The van der Waals surface area contributed by atoms with Gasteiger partial charge in [-0.05, 0) is 31.2 Å². The first kappa shape index (κ1) is 16.7. The van der Waals surface area contributed by atoms with Gasteiger partial charge in [-0.15, -0.1) is 0 Å². The Morgan fingerprint density at radius 2 is 1.96 bits per heavy atom. The Balaban J connectivity index is 1.53. The summed E-state index contributed by atoms with van der Waals surface area (Å²) in [6.45, 7) is 5.27. The van der Waals surface area contributed by atoms with Gasteiger partial charge in [-0.1, -0.05) is 17.7 Å². The van der Waals surface area contributed by atoms with Gasteiger partial charge in [0.05, 0.1) is 11.1 Å². The molecule has 1 N–H and O–H groups in total. The van der Waals surface area contributed by atoms with Crippen LogP contribution < -0.4 is 10.2 Å². The fourth-order valence-electron chi connectivity index (χ4n) is 2.73. The van der Waals surface area contributed by atoms with E-state index >= 15 is 0 Å². The van der Waals surface area contributed by atoms with Gasteiger partial charge in [0, 0.05) is 38.6 Å².